The Morgan fingerprint density at radius 2 is 1.15 bits per heavy atom. The van der Waals surface area contributed by atoms with E-state index in [-0.39, 0.29) is 11.9 Å². The number of para-hydroxylation sites is 1. The van der Waals surface area contributed by atoms with Crippen LogP contribution in [0.4, 0.5) is 5.69 Å². The smallest absolute Gasteiger partial charge is 0.302 e. The molecule has 27 heavy (non-hydrogen) atoms. The van der Waals surface area contributed by atoms with E-state index in [1.54, 1.807) is 0 Å². The van der Waals surface area contributed by atoms with Gasteiger partial charge in [-0.05, 0) is 50.7 Å². The molecule has 0 radical (unpaired) electrons. The molecule has 0 amide bonds. The van der Waals surface area contributed by atoms with Gasteiger partial charge < -0.3 is 14.4 Å². The van der Waals surface area contributed by atoms with E-state index in [1.165, 1.54) is 19.5 Å². The van der Waals surface area contributed by atoms with Crippen LogP contribution in [0.2, 0.25) is 0 Å². The van der Waals surface area contributed by atoms with Crippen LogP contribution in [0.25, 0.3) is 0 Å². The minimum atomic E-state index is -0.196. The molecule has 0 saturated heterocycles. The molecule has 0 aliphatic rings. The lowest BCUT2D eigenvalue weighted by molar-refractivity contribution is -0.142. The maximum Gasteiger partial charge on any atom is 0.302 e. The Kier molecular flexibility index (Phi) is 12.8. The predicted molar refractivity (Wildman–Crippen MR) is 109 cm³/mol. The van der Waals surface area contributed by atoms with Crippen LogP contribution in [-0.2, 0) is 19.1 Å². The molecular formula is C22H35NO4. The van der Waals surface area contributed by atoms with E-state index >= 15 is 0 Å². The second-order valence-electron chi connectivity index (χ2n) is 6.83. The van der Waals surface area contributed by atoms with Crippen molar-refractivity contribution in [3.8, 4) is 0 Å². The minimum Gasteiger partial charge on any atom is -0.466 e. The average molecular weight is 378 g/mol. The summed E-state index contributed by atoms with van der Waals surface area (Å²) in [7, 11) is 0. The summed E-state index contributed by atoms with van der Waals surface area (Å²) in [6, 6.07) is 10.6. The van der Waals surface area contributed by atoms with Gasteiger partial charge in [0, 0.05) is 32.6 Å². The van der Waals surface area contributed by atoms with Crippen molar-refractivity contribution in [1.29, 1.82) is 0 Å². The Morgan fingerprint density at radius 1 is 0.704 bits per heavy atom. The van der Waals surface area contributed by atoms with Crippen molar-refractivity contribution in [3.63, 3.8) is 0 Å². The number of hydrogen-bond acceptors (Lipinski definition) is 5. The summed E-state index contributed by atoms with van der Waals surface area (Å²) >= 11 is 0. The molecule has 1 aromatic carbocycles. The molecule has 0 fully saturated rings. The highest BCUT2D eigenvalue weighted by atomic mass is 16.5. The summed E-state index contributed by atoms with van der Waals surface area (Å²) in [6.45, 7) is 6.06. The molecule has 0 aromatic heterocycles. The van der Waals surface area contributed by atoms with Gasteiger partial charge in [0.05, 0.1) is 13.2 Å². The first kappa shape index (κ1) is 23.0. The van der Waals surface area contributed by atoms with Gasteiger partial charge in [0.1, 0.15) is 0 Å². The molecule has 0 atom stereocenters. The minimum absolute atomic E-state index is 0.196. The second-order valence-corrected chi connectivity index (χ2v) is 6.83. The van der Waals surface area contributed by atoms with Crippen molar-refractivity contribution >= 4 is 17.6 Å². The summed E-state index contributed by atoms with van der Waals surface area (Å²) in [5.74, 6) is -0.392. The molecule has 0 spiro atoms. The third-order valence-electron chi connectivity index (χ3n) is 4.38. The van der Waals surface area contributed by atoms with Crippen molar-refractivity contribution in [2.45, 2.75) is 65.2 Å². The van der Waals surface area contributed by atoms with Gasteiger partial charge in [0.2, 0.25) is 0 Å². The number of carbonyl (C=O) groups is 2. The van der Waals surface area contributed by atoms with Gasteiger partial charge in [-0.1, -0.05) is 31.0 Å². The molecule has 1 aromatic rings. The largest absolute Gasteiger partial charge is 0.466 e. The molecule has 152 valence electrons. The van der Waals surface area contributed by atoms with E-state index < -0.39 is 0 Å². The molecule has 0 aliphatic heterocycles. The van der Waals surface area contributed by atoms with Crippen LogP contribution in [0.3, 0.4) is 0 Å². The molecule has 0 saturated carbocycles. The SMILES string of the molecule is CC(=O)OCCCCCCN(CCCCCCOC(C)=O)c1ccccc1. The van der Waals surface area contributed by atoms with Crippen LogP contribution in [0.15, 0.2) is 30.3 Å². The van der Waals surface area contributed by atoms with Gasteiger partial charge in [-0.25, -0.2) is 0 Å². The number of anilines is 1. The Labute approximate surface area is 164 Å². The van der Waals surface area contributed by atoms with Crippen molar-refractivity contribution in [2.24, 2.45) is 0 Å². The zero-order chi connectivity index (χ0) is 19.7. The van der Waals surface area contributed by atoms with E-state index in [9.17, 15) is 9.59 Å². The van der Waals surface area contributed by atoms with Crippen LogP contribution in [-0.4, -0.2) is 38.2 Å². The summed E-state index contributed by atoms with van der Waals surface area (Å²) in [5.41, 5.74) is 1.28. The third-order valence-corrected chi connectivity index (χ3v) is 4.38. The maximum atomic E-state index is 10.7. The van der Waals surface area contributed by atoms with Crippen LogP contribution >= 0.6 is 0 Å². The van der Waals surface area contributed by atoms with Crippen molar-refractivity contribution in [1.82, 2.24) is 0 Å². The number of esters is 2. The van der Waals surface area contributed by atoms with Gasteiger partial charge in [0.15, 0.2) is 0 Å². The van der Waals surface area contributed by atoms with Crippen molar-refractivity contribution in [2.75, 3.05) is 31.2 Å². The standard InChI is InChI=1S/C22H35NO4/c1-20(24)26-18-12-5-3-10-16-23(22-14-8-7-9-15-22)17-11-4-6-13-19-27-21(2)25/h7-9,14-15H,3-6,10-13,16-19H2,1-2H3. The van der Waals surface area contributed by atoms with E-state index in [1.807, 2.05) is 6.07 Å². The number of hydrogen-bond donors (Lipinski definition) is 0. The molecule has 0 unspecified atom stereocenters. The highest BCUT2D eigenvalue weighted by Gasteiger charge is 2.06. The Hall–Kier alpha value is -2.04. The summed E-state index contributed by atoms with van der Waals surface area (Å²) in [6.07, 6.45) is 8.63. The molecule has 0 N–H and O–H groups in total. The zero-order valence-corrected chi connectivity index (χ0v) is 17.0. The lowest BCUT2D eigenvalue weighted by Gasteiger charge is -2.25. The van der Waals surface area contributed by atoms with E-state index in [2.05, 4.69) is 29.2 Å². The first-order valence-corrected chi connectivity index (χ1v) is 10.2. The fourth-order valence-corrected chi connectivity index (χ4v) is 2.96. The topological polar surface area (TPSA) is 55.8 Å². The fourth-order valence-electron chi connectivity index (χ4n) is 2.96. The molecule has 5 heteroatoms. The molecule has 0 aliphatic carbocycles. The quantitative estimate of drug-likeness (QED) is 0.326. The van der Waals surface area contributed by atoms with Gasteiger partial charge in [-0.3, -0.25) is 9.59 Å². The Balaban J connectivity index is 2.22. The number of benzene rings is 1. The van der Waals surface area contributed by atoms with Gasteiger partial charge in [-0.2, -0.15) is 0 Å². The van der Waals surface area contributed by atoms with Gasteiger partial charge in [-0.15, -0.1) is 0 Å². The van der Waals surface area contributed by atoms with Gasteiger partial charge >= 0.3 is 11.9 Å². The monoisotopic (exact) mass is 377 g/mol. The fraction of sp³-hybridized carbons (Fsp3) is 0.636. The van der Waals surface area contributed by atoms with Crippen LogP contribution in [0, 0.1) is 0 Å². The van der Waals surface area contributed by atoms with Crippen LogP contribution < -0.4 is 4.90 Å². The normalized spacial score (nSPS) is 10.4. The Bertz CT molecular complexity index is 490. The highest BCUT2D eigenvalue weighted by molar-refractivity contribution is 5.66. The van der Waals surface area contributed by atoms with Crippen molar-refractivity contribution in [3.05, 3.63) is 30.3 Å². The second kappa shape index (κ2) is 15.1. The lowest BCUT2D eigenvalue weighted by atomic mass is 10.1. The Morgan fingerprint density at radius 3 is 1.59 bits per heavy atom. The van der Waals surface area contributed by atoms with Gasteiger partial charge in [0.25, 0.3) is 0 Å². The summed E-state index contributed by atoms with van der Waals surface area (Å²) < 4.78 is 9.94. The maximum absolute atomic E-state index is 10.7. The number of carbonyl (C=O) groups excluding carboxylic acids is 2. The van der Waals surface area contributed by atoms with E-state index in [0.717, 1.165) is 64.5 Å². The number of nitrogens with zero attached hydrogens (tertiary/aromatic N) is 1. The molecular weight excluding hydrogens is 342 g/mol. The van der Waals surface area contributed by atoms with Crippen LogP contribution in [0.5, 0.6) is 0 Å². The predicted octanol–water partition coefficient (Wildman–Crippen LogP) is 4.74. The molecule has 5 nitrogen and oxygen atoms in total. The highest BCUT2D eigenvalue weighted by Crippen LogP contribution is 2.16. The summed E-state index contributed by atoms with van der Waals surface area (Å²) in [4.78, 5) is 23.9. The molecule has 1 rings (SSSR count). The molecule has 0 heterocycles. The summed E-state index contributed by atoms with van der Waals surface area (Å²) in [5, 5.41) is 0. The number of rotatable bonds is 15. The van der Waals surface area contributed by atoms with E-state index in [4.69, 9.17) is 9.47 Å². The first-order chi connectivity index (χ1) is 13.1. The molecule has 0 bridgehead atoms. The lowest BCUT2D eigenvalue weighted by Crippen LogP contribution is -2.25. The zero-order valence-electron chi connectivity index (χ0n) is 17.0. The van der Waals surface area contributed by atoms with Crippen molar-refractivity contribution < 1.29 is 19.1 Å². The van der Waals surface area contributed by atoms with Crippen LogP contribution in [0.1, 0.15) is 65.2 Å². The third kappa shape index (κ3) is 12.9. The van der Waals surface area contributed by atoms with E-state index in [0.29, 0.717) is 13.2 Å². The number of ether oxygens (including phenoxy) is 2. The number of unbranched alkanes of at least 4 members (excludes halogenated alkanes) is 6. The average Bonchev–Trinajstić information content (AvgIpc) is 2.65. The first-order valence-electron chi connectivity index (χ1n) is 10.2.